The molecule has 1 fully saturated rings. The fourth-order valence-electron chi connectivity index (χ4n) is 1.79. The van der Waals surface area contributed by atoms with Crippen molar-refractivity contribution in [3.8, 4) is 0 Å². The third-order valence-corrected chi connectivity index (χ3v) is 2.48. The van der Waals surface area contributed by atoms with Crippen LogP contribution in [0.5, 0.6) is 0 Å². The molecule has 0 saturated carbocycles. The smallest absolute Gasteiger partial charge is 0.220 e. The number of hydrogen-bond acceptors (Lipinski definition) is 5. The summed E-state index contributed by atoms with van der Waals surface area (Å²) in [6.45, 7) is 4.12. The number of rotatable bonds is 0. The van der Waals surface area contributed by atoms with Crippen LogP contribution in [0.4, 0.5) is 0 Å². The van der Waals surface area contributed by atoms with Gasteiger partial charge in [0.25, 0.3) is 0 Å². The highest BCUT2D eigenvalue weighted by atomic mass is 35.5. The Labute approximate surface area is 90.1 Å². The monoisotopic (exact) mass is 217 g/mol. The second kappa shape index (κ2) is 4.04. The molecule has 1 saturated heterocycles. The third kappa shape index (κ3) is 1.77. The van der Waals surface area contributed by atoms with Gasteiger partial charge in [-0.15, -0.1) is 12.4 Å². The summed E-state index contributed by atoms with van der Waals surface area (Å²) in [7, 11) is 2.04. The van der Waals surface area contributed by atoms with Crippen molar-refractivity contribution in [3.05, 3.63) is 0 Å². The van der Waals surface area contributed by atoms with Crippen molar-refractivity contribution >= 4 is 24.3 Å². The number of halogens is 1. The lowest BCUT2D eigenvalue weighted by atomic mass is 10.2. The van der Waals surface area contributed by atoms with E-state index in [1.54, 1.807) is 0 Å². The largest absolute Gasteiger partial charge is 0.368 e. The summed E-state index contributed by atoms with van der Waals surface area (Å²) >= 11 is 0. The van der Waals surface area contributed by atoms with Gasteiger partial charge in [-0.05, 0) is 13.3 Å². The van der Waals surface area contributed by atoms with Crippen LogP contribution in [0.1, 0.15) is 13.3 Å². The molecule has 0 bridgehead atoms. The second-order valence-electron chi connectivity index (χ2n) is 3.50. The average Bonchev–Trinajstić information content (AvgIpc) is 2.07. The van der Waals surface area contributed by atoms with Crippen LogP contribution in [-0.2, 0) is 0 Å². The quantitative estimate of drug-likeness (QED) is 0.625. The molecule has 0 unspecified atom stereocenters. The van der Waals surface area contributed by atoms with E-state index in [2.05, 4.69) is 19.8 Å². The van der Waals surface area contributed by atoms with Crippen LogP contribution in [0.25, 0.3) is 0 Å². The topological polar surface area (TPSA) is 57.2 Å². The zero-order valence-electron chi connectivity index (χ0n) is 8.47. The summed E-state index contributed by atoms with van der Waals surface area (Å²) in [4.78, 5) is 12.7. The normalized spacial score (nSPS) is 26.0. The van der Waals surface area contributed by atoms with Crippen molar-refractivity contribution in [2.24, 2.45) is 15.7 Å². The first-order chi connectivity index (χ1) is 6.18. The van der Waals surface area contributed by atoms with Crippen LogP contribution in [0.15, 0.2) is 9.98 Å². The number of fused-ring (bicyclic) bond motifs is 1. The Bertz CT molecular complexity index is 275. The fourth-order valence-corrected chi connectivity index (χ4v) is 1.79. The van der Waals surface area contributed by atoms with E-state index in [9.17, 15) is 0 Å². The molecule has 5 nitrogen and oxygen atoms in total. The van der Waals surface area contributed by atoms with Gasteiger partial charge >= 0.3 is 0 Å². The van der Waals surface area contributed by atoms with Gasteiger partial charge < -0.3 is 15.5 Å². The lowest BCUT2D eigenvalue weighted by Crippen LogP contribution is -2.54. The van der Waals surface area contributed by atoms with Crippen LogP contribution in [-0.4, -0.2) is 48.0 Å². The van der Waals surface area contributed by atoms with Crippen LogP contribution in [0.2, 0.25) is 0 Å². The van der Waals surface area contributed by atoms with Gasteiger partial charge in [0.05, 0.1) is 0 Å². The molecule has 6 heteroatoms. The Morgan fingerprint density at radius 3 is 2.86 bits per heavy atom. The lowest BCUT2D eigenvalue weighted by Gasteiger charge is -2.40. The maximum atomic E-state index is 5.60. The Kier molecular flexibility index (Phi) is 3.21. The average molecular weight is 218 g/mol. The zero-order valence-corrected chi connectivity index (χ0v) is 9.29. The van der Waals surface area contributed by atoms with Gasteiger partial charge in [-0.1, -0.05) is 0 Å². The maximum Gasteiger partial charge on any atom is 0.220 e. The Morgan fingerprint density at radius 1 is 1.43 bits per heavy atom. The summed E-state index contributed by atoms with van der Waals surface area (Å²) in [6.07, 6.45) is 1.30. The molecular formula is C8H16ClN5. The molecule has 0 radical (unpaired) electrons. The minimum Gasteiger partial charge on any atom is -0.368 e. The van der Waals surface area contributed by atoms with Crippen molar-refractivity contribution in [2.75, 3.05) is 20.1 Å². The summed E-state index contributed by atoms with van der Waals surface area (Å²) in [5.41, 5.74) is 5.60. The first-order valence-corrected chi connectivity index (χ1v) is 4.58. The molecule has 2 aliphatic heterocycles. The minimum atomic E-state index is 0. The molecule has 2 N–H and O–H groups in total. The predicted molar refractivity (Wildman–Crippen MR) is 59.7 cm³/mol. The SMILES string of the molecule is C[C@H]1N=C(N)N=C2N(C)CCCN21.Cl. The molecule has 1 atom stereocenters. The Morgan fingerprint density at radius 2 is 2.14 bits per heavy atom. The standard InChI is InChI=1S/C8H15N5.ClH/c1-6-10-7(9)11-8-12(2)4-3-5-13(6)8;/h6H,3-5H2,1-2H3,(H2,9,10);1H/t6-;/m0./s1. The third-order valence-electron chi connectivity index (χ3n) is 2.48. The Balaban J connectivity index is 0.000000980. The number of hydrogen-bond donors (Lipinski definition) is 1. The van der Waals surface area contributed by atoms with Gasteiger partial charge in [-0.25, -0.2) is 4.99 Å². The van der Waals surface area contributed by atoms with Gasteiger partial charge in [0, 0.05) is 20.1 Å². The first-order valence-electron chi connectivity index (χ1n) is 4.58. The van der Waals surface area contributed by atoms with Crippen molar-refractivity contribution < 1.29 is 0 Å². The van der Waals surface area contributed by atoms with Crippen molar-refractivity contribution in [1.82, 2.24) is 9.80 Å². The van der Waals surface area contributed by atoms with E-state index in [0.717, 1.165) is 25.5 Å². The van der Waals surface area contributed by atoms with Crippen molar-refractivity contribution in [2.45, 2.75) is 19.5 Å². The molecule has 0 aliphatic carbocycles. The molecule has 0 aromatic heterocycles. The van der Waals surface area contributed by atoms with Crippen LogP contribution in [0, 0.1) is 0 Å². The van der Waals surface area contributed by atoms with E-state index in [4.69, 9.17) is 5.73 Å². The fraction of sp³-hybridized carbons (Fsp3) is 0.750. The van der Waals surface area contributed by atoms with Crippen molar-refractivity contribution in [1.29, 1.82) is 0 Å². The van der Waals surface area contributed by atoms with Gasteiger partial charge in [-0.3, -0.25) is 0 Å². The lowest BCUT2D eigenvalue weighted by molar-refractivity contribution is 0.237. The zero-order chi connectivity index (χ0) is 9.42. The van der Waals surface area contributed by atoms with E-state index in [1.165, 1.54) is 0 Å². The van der Waals surface area contributed by atoms with E-state index in [1.807, 2.05) is 14.0 Å². The summed E-state index contributed by atoms with van der Waals surface area (Å²) < 4.78 is 0. The highest BCUT2D eigenvalue weighted by Crippen LogP contribution is 2.15. The molecule has 0 aromatic rings. The van der Waals surface area contributed by atoms with E-state index in [-0.39, 0.29) is 18.6 Å². The summed E-state index contributed by atoms with van der Waals surface area (Å²) in [5, 5.41) is 0. The van der Waals surface area contributed by atoms with E-state index in [0.29, 0.717) is 5.96 Å². The molecule has 0 amide bonds. The molecule has 2 heterocycles. The molecule has 0 aromatic carbocycles. The minimum absolute atomic E-state index is 0. The predicted octanol–water partition coefficient (Wildman–Crippen LogP) is 0.0760. The van der Waals surface area contributed by atoms with Crippen LogP contribution in [0.3, 0.4) is 0 Å². The maximum absolute atomic E-state index is 5.60. The Hall–Kier alpha value is -0.970. The van der Waals surface area contributed by atoms with Crippen molar-refractivity contribution in [3.63, 3.8) is 0 Å². The van der Waals surface area contributed by atoms with E-state index < -0.39 is 0 Å². The van der Waals surface area contributed by atoms with Crippen LogP contribution < -0.4 is 5.73 Å². The van der Waals surface area contributed by atoms with E-state index >= 15 is 0 Å². The van der Waals surface area contributed by atoms with Gasteiger partial charge in [0.2, 0.25) is 11.9 Å². The highest BCUT2D eigenvalue weighted by Gasteiger charge is 2.27. The van der Waals surface area contributed by atoms with Crippen LogP contribution >= 0.6 is 12.4 Å². The second-order valence-corrected chi connectivity index (χ2v) is 3.50. The number of guanidine groups is 2. The molecular weight excluding hydrogens is 202 g/mol. The van der Waals surface area contributed by atoms with Gasteiger partial charge in [0.15, 0.2) is 0 Å². The number of nitrogens with zero attached hydrogens (tertiary/aromatic N) is 4. The molecule has 2 aliphatic rings. The molecule has 14 heavy (non-hydrogen) atoms. The number of nitrogens with two attached hydrogens (primary N) is 1. The molecule has 2 rings (SSSR count). The highest BCUT2D eigenvalue weighted by molar-refractivity contribution is 5.96. The summed E-state index contributed by atoms with van der Waals surface area (Å²) in [5.74, 6) is 1.36. The molecule has 80 valence electrons. The van der Waals surface area contributed by atoms with Gasteiger partial charge in [-0.2, -0.15) is 4.99 Å². The first kappa shape index (κ1) is 11.1. The molecule has 0 spiro atoms. The summed E-state index contributed by atoms with van der Waals surface area (Å²) in [6, 6.07) is 0. The number of aliphatic imine (C=N–C) groups is 2. The van der Waals surface area contributed by atoms with Gasteiger partial charge in [0.1, 0.15) is 6.17 Å².